The molecule has 0 unspecified atom stereocenters. The summed E-state index contributed by atoms with van der Waals surface area (Å²) in [7, 11) is 13.3. The minimum atomic E-state index is -0.519. The number of hydrogen-bond acceptors (Lipinski definition) is 23. The van der Waals surface area contributed by atoms with Gasteiger partial charge in [-0.15, -0.1) is 0 Å². The first-order valence-corrected chi connectivity index (χ1v) is 48.1. The Morgan fingerprint density at radius 1 is 0.314 bits per heavy atom. The molecule has 4 fully saturated rings. The van der Waals surface area contributed by atoms with Crippen molar-refractivity contribution in [2.75, 3.05) is 83.1 Å². The van der Waals surface area contributed by atoms with Gasteiger partial charge in [0, 0.05) is 164 Å². The third-order valence-electron chi connectivity index (χ3n) is 25.9. The summed E-state index contributed by atoms with van der Waals surface area (Å²) in [4.78, 5) is 61.4. The van der Waals surface area contributed by atoms with Gasteiger partial charge in [-0.05, 0) is 229 Å². The Balaban J connectivity index is 0.000000177. The van der Waals surface area contributed by atoms with Crippen LogP contribution in [0, 0.1) is 0 Å². The summed E-state index contributed by atoms with van der Waals surface area (Å²) in [6.07, 6.45) is 24.2. The van der Waals surface area contributed by atoms with Crippen molar-refractivity contribution in [3.63, 3.8) is 0 Å². The summed E-state index contributed by atoms with van der Waals surface area (Å²) in [5.41, 5.74) is 19.1. The monoisotopic (exact) mass is 1990 g/mol. The Kier molecular flexibility index (Phi) is 45.7. The molecule has 14 rings (SSSR count). The molecule has 1 aliphatic heterocycles. The third kappa shape index (κ3) is 33.0. The summed E-state index contributed by atoms with van der Waals surface area (Å²) < 4.78 is 49.2. The number of aromatic nitrogens is 10. The van der Waals surface area contributed by atoms with E-state index in [1.165, 1.54) is 25.7 Å². The fourth-order valence-corrected chi connectivity index (χ4v) is 18.9. The number of hydroxylamine groups is 5. The van der Waals surface area contributed by atoms with Gasteiger partial charge in [-0.25, -0.2) is 27.4 Å². The van der Waals surface area contributed by atoms with E-state index in [9.17, 15) is 24.0 Å². The smallest absolute Gasteiger partial charge is 0.245 e. The van der Waals surface area contributed by atoms with Crippen LogP contribution in [-0.4, -0.2) is 223 Å². The molecule has 3 saturated carbocycles. The first-order chi connectivity index (χ1) is 66.4. The van der Waals surface area contributed by atoms with Crippen molar-refractivity contribution >= 4 is 87.5 Å². The van der Waals surface area contributed by atoms with E-state index < -0.39 is 41.7 Å². The van der Waals surface area contributed by atoms with Crippen LogP contribution < -0.4 is 27.4 Å². The SMILES string of the molecule is COCC(COC)n1nccc1[C@@H](Cc1ccc(Cl)cc1)[C@@H](CC(=O)NO)OC.CO[C@H](CC(=O)NO)[C@H](Cc1ccc(Cl)cc1)c1ccnn1C1CC1.CO[C@H](CC(=O)NO)[C@H](Cc1ccc(Cl)cc1)c1ccnn1C1CCC1.CO[C@H](CC(=O)NO)[C@H](Cc1ccc(Cl)cc1)c1ccnn1C1CCCCC1.CO[C@H](CC(=O)NO)[C@H](Cc1ccc(Cl)cc1)c1ccnn1C1CCN(C)CC1. The van der Waals surface area contributed by atoms with Gasteiger partial charge in [0.2, 0.25) is 29.5 Å². The molecule has 137 heavy (non-hydrogen) atoms. The predicted molar refractivity (Wildman–Crippen MR) is 519 cm³/mol. The molecular formula is C99H131Cl5N16O17. The summed E-state index contributed by atoms with van der Waals surface area (Å²) in [5.74, 6) is -2.90. The van der Waals surface area contributed by atoms with E-state index >= 15 is 0 Å². The van der Waals surface area contributed by atoms with E-state index in [0.29, 0.717) is 94.6 Å². The van der Waals surface area contributed by atoms with Gasteiger partial charge in [-0.1, -0.05) is 138 Å². The normalized spacial score (nSPS) is 16.3. The second-order valence-corrected chi connectivity index (χ2v) is 37.1. The maximum Gasteiger partial charge on any atom is 0.245 e. The highest BCUT2D eigenvalue weighted by Crippen LogP contribution is 2.42. The fourth-order valence-electron chi connectivity index (χ4n) is 18.3. The molecule has 5 aromatic carbocycles. The molecular weight excluding hydrogens is 1860 g/mol. The van der Waals surface area contributed by atoms with Crippen molar-refractivity contribution in [1.82, 2.24) is 81.2 Å². The number of hydrogen-bond donors (Lipinski definition) is 10. The van der Waals surface area contributed by atoms with Gasteiger partial charge in [0.25, 0.3) is 0 Å². The van der Waals surface area contributed by atoms with Crippen molar-refractivity contribution in [2.24, 2.45) is 0 Å². The van der Waals surface area contributed by atoms with Crippen LogP contribution in [0.2, 0.25) is 25.1 Å². The van der Waals surface area contributed by atoms with Crippen LogP contribution >= 0.6 is 58.0 Å². The molecule has 10 aromatic rings. The van der Waals surface area contributed by atoms with Crippen LogP contribution in [0.1, 0.15) is 225 Å². The zero-order valence-electron chi connectivity index (χ0n) is 78.8. The van der Waals surface area contributed by atoms with Crippen LogP contribution in [0.3, 0.4) is 0 Å². The molecule has 10 N–H and O–H groups in total. The predicted octanol–water partition coefficient (Wildman–Crippen LogP) is 16.5. The largest absolute Gasteiger partial charge is 0.382 e. The third-order valence-corrected chi connectivity index (χ3v) is 27.2. The van der Waals surface area contributed by atoms with Crippen molar-refractivity contribution in [3.05, 3.63) is 264 Å². The summed E-state index contributed by atoms with van der Waals surface area (Å²) in [6.45, 7) is 2.91. The van der Waals surface area contributed by atoms with Gasteiger partial charge in [0.15, 0.2) is 0 Å². The minimum absolute atomic E-state index is 0.00431. The molecule has 33 nitrogen and oxygen atoms in total. The number of methoxy groups -OCH3 is 7. The number of nitrogens with one attached hydrogen (secondary N) is 5. The lowest BCUT2D eigenvalue weighted by molar-refractivity contribution is -0.132. The van der Waals surface area contributed by atoms with Crippen LogP contribution in [0.4, 0.5) is 0 Å². The number of ether oxygens (including phenoxy) is 7. The van der Waals surface area contributed by atoms with Crippen LogP contribution in [0.25, 0.3) is 0 Å². The highest BCUT2D eigenvalue weighted by Gasteiger charge is 2.39. The molecule has 38 heteroatoms. The average Bonchev–Trinajstić information content (AvgIpc) is 1.64. The van der Waals surface area contributed by atoms with E-state index in [-0.39, 0.29) is 86.0 Å². The minimum Gasteiger partial charge on any atom is -0.382 e. The zero-order valence-corrected chi connectivity index (χ0v) is 82.6. The quantitative estimate of drug-likeness (QED) is 0.0125. The lowest BCUT2D eigenvalue weighted by atomic mass is 9.87. The Hall–Kier alpha value is -9.57. The Morgan fingerprint density at radius 3 is 0.766 bits per heavy atom. The van der Waals surface area contributed by atoms with E-state index in [0.717, 1.165) is 121 Å². The highest BCUT2D eigenvalue weighted by molar-refractivity contribution is 6.31. The van der Waals surface area contributed by atoms with Gasteiger partial charge >= 0.3 is 0 Å². The van der Waals surface area contributed by atoms with Crippen LogP contribution in [0.5, 0.6) is 0 Å². The number of amides is 5. The summed E-state index contributed by atoms with van der Waals surface area (Å²) >= 11 is 30.1. The molecule has 0 bridgehead atoms. The van der Waals surface area contributed by atoms with E-state index in [2.05, 4.69) is 51.5 Å². The van der Waals surface area contributed by atoms with Gasteiger partial charge in [-0.2, -0.15) is 25.5 Å². The number of rotatable bonds is 44. The molecule has 744 valence electrons. The average molecular weight is 1990 g/mol. The van der Waals surface area contributed by atoms with Gasteiger partial charge < -0.3 is 38.1 Å². The van der Waals surface area contributed by atoms with Crippen molar-refractivity contribution in [3.8, 4) is 0 Å². The highest BCUT2D eigenvalue weighted by atomic mass is 35.5. The number of carbonyl (C=O) groups is 5. The number of likely N-dealkylation sites (tertiary alicyclic amines) is 1. The Bertz CT molecular complexity index is 5220. The van der Waals surface area contributed by atoms with Crippen molar-refractivity contribution in [2.45, 2.75) is 232 Å². The van der Waals surface area contributed by atoms with E-state index in [1.54, 1.807) is 95.8 Å². The van der Waals surface area contributed by atoms with E-state index in [1.807, 2.05) is 173 Å². The molecule has 6 heterocycles. The Labute approximate surface area is 825 Å². The summed E-state index contributed by atoms with van der Waals surface area (Å²) in [6, 6.07) is 49.7. The number of benzene rings is 5. The second kappa shape index (κ2) is 57.2. The summed E-state index contributed by atoms with van der Waals surface area (Å²) in [5, 5.41) is 70.9. The molecule has 0 spiro atoms. The number of piperidine rings is 1. The molecule has 3 aliphatic carbocycles. The topological polar surface area (TPSA) is 404 Å². The second-order valence-electron chi connectivity index (χ2n) is 35.0. The maximum absolute atomic E-state index is 11.9. The molecule has 5 amide bonds. The zero-order chi connectivity index (χ0) is 98.3. The molecule has 1 saturated heterocycles. The van der Waals surface area contributed by atoms with Crippen LogP contribution in [0.15, 0.2) is 183 Å². The molecule has 0 radical (unpaired) electrons. The number of halogens is 5. The van der Waals surface area contributed by atoms with Gasteiger partial charge in [-0.3, -0.25) is 73.4 Å². The first kappa shape index (κ1) is 109. The number of nitrogens with zero attached hydrogens (tertiary/aromatic N) is 11. The first-order valence-electron chi connectivity index (χ1n) is 46.3. The van der Waals surface area contributed by atoms with Crippen LogP contribution in [-0.2, 0) is 89.2 Å². The Morgan fingerprint density at radius 2 is 0.540 bits per heavy atom. The maximum atomic E-state index is 11.9. The van der Waals surface area contributed by atoms with Crippen molar-refractivity contribution < 1.29 is 83.2 Å². The standard InChI is InChI=1S/C21H29ClN4O3.C21H28ClN3O3.C20H28ClN3O5.C19H24ClN3O3.C18H22ClN3O3/c1-25-11-8-17(9-12-25)26-19(7-10-23-26)18(20(29-2)14-21(27)24-28)13-15-3-5-16(22)6-4-15;1-28-20(14-21(26)24-27)18(13-15-7-9-16(22)10-8-15)19-11-12-23-25(19)17-5-3-2-4-6-17;1-27-12-16(13-28-2)24-18(8-9-22-24)17(19(29-3)11-20(25)23-26)10-14-4-6-15(21)7-5-14;1-26-18(12-19(24)22-25)16(11-13-5-7-14(20)8-6-13)17-9-10-21-23(17)15-3-2-4-15;1-25-17(11-18(23)21-24)15(10-12-2-4-13(19)5-3-12)16-8-9-20-22(16)14-6-7-14/h3-7,10,17-18,20,28H,8-9,11-14H2,1-2H3,(H,24,27);7-12,17-18,20,27H,2-6,13-14H2,1H3,(H,24,26);4-9,16-17,19,26H,10-13H2,1-3H3,(H,23,25);5-10,15-16,18,25H,2-4,11-12H2,1H3,(H,22,24);2-5,8-9,14-15,17,24H,6-7,10-11H2,1H3,(H,21,23)/t2*18-,20-;17-,19-;16-,18-;15-,17-/m11111/s1. The number of carbonyl (C=O) groups excluding carboxylic acids is 5. The fraction of sp³-hybridized carbons (Fsp3) is 0.495. The van der Waals surface area contributed by atoms with Gasteiger partial charge in [0.05, 0.1) is 106 Å². The lowest BCUT2D eigenvalue weighted by Gasteiger charge is -2.33. The molecule has 10 atom stereocenters. The van der Waals surface area contributed by atoms with Crippen molar-refractivity contribution in [1.29, 1.82) is 0 Å². The van der Waals surface area contributed by atoms with Gasteiger partial charge in [0.1, 0.15) is 0 Å². The lowest BCUT2D eigenvalue weighted by Crippen LogP contribution is -2.35. The molecule has 5 aromatic heterocycles. The molecule has 4 aliphatic rings. The van der Waals surface area contributed by atoms with E-state index in [4.69, 9.17) is 117 Å².